The van der Waals surface area contributed by atoms with Crippen molar-refractivity contribution < 1.29 is 0 Å². The van der Waals surface area contributed by atoms with Crippen LogP contribution < -0.4 is 0 Å². The molecule has 3 aromatic rings. The summed E-state index contributed by atoms with van der Waals surface area (Å²) in [7, 11) is 0. The van der Waals surface area contributed by atoms with Crippen molar-refractivity contribution in [2.24, 2.45) is 0 Å². The van der Waals surface area contributed by atoms with Gasteiger partial charge in [0.25, 0.3) is 0 Å². The first kappa shape index (κ1) is 13.0. The number of hydrogen-bond acceptors (Lipinski definition) is 0. The summed E-state index contributed by atoms with van der Waals surface area (Å²) < 4.78 is 2.38. The summed E-state index contributed by atoms with van der Waals surface area (Å²) in [5.74, 6) is 0. The van der Waals surface area contributed by atoms with Crippen LogP contribution in [0.2, 0.25) is 0 Å². The first-order chi connectivity index (χ1) is 9.84. The molecule has 0 amide bonds. The second kappa shape index (κ2) is 5.96. The maximum atomic E-state index is 2.38. The molecule has 102 valence electrons. The van der Waals surface area contributed by atoms with Crippen molar-refractivity contribution >= 4 is 10.9 Å². The normalized spacial score (nSPS) is 11.1. The number of benzene rings is 2. The number of aryl methyl sites for hydroxylation is 3. The number of nitrogens with zero attached hydrogens (tertiary/aromatic N) is 1. The Kier molecular flexibility index (Phi) is 3.87. The monoisotopic (exact) mass is 263 g/mol. The third-order valence-corrected chi connectivity index (χ3v) is 3.99. The van der Waals surface area contributed by atoms with Crippen LogP contribution in [0.4, 0.5) is 0 Å². The van der Waals surface area contributed by atoms with Crippen LogP contribution >= 0.6 is 0 Å². The molecule has 0 atom stereocenters. The highest BCUT2D eigenvalue weighted by atomic mass is 14.9. The molecule has 0 radical (unpaired) electrons. The molecule has 0 spiro atoms. The number of fused-ring (bicyclic) bond motifs is 1. The zero-order valence-electron chi connectivity index (χ0n) is 12.0. The summed E-state index contributed by atoms with van der Waals surface area (Å²) in [5, 5.41) is 1.38. The van der Waals surface area contributed by atoms with Crippen LogP contribution in [0.25, 0.3) is 10.9 Å². The second-order valence-electron chi connectivity index (χ2n) is 5.46. The number of rotatable bonds is 5. The standard InChI is InChI=1S/C19H21N/c1-16-8-7-12-19-18(16)13-15-20(19)14-6-5-11-17-9-3-2-4-10-17/h2-4,7-10,12-13,15H,5-6,11,14H2,1H3. The Labute approximate surface area is 120 Å². The van der Waals surface area contributed by atoms with Gasteiger partial charge in [0.15, 0.2) is 0 Å². The van der Waals surface area contributed by atoms with E-state index in [1.165, 1.54) is 41.3 Å². The summed E-state index contributed by atoms with van der Waals surface area (Å²) in [6, 6.07) is 19.6. The lowest BCUT2D eigenvalue weighted by molar-refractivity contribution is 0.624. The Morgan fingerprint density at radius 1 is 0.850 bits per heavy atom. The number of unbranched alkanes of at least 4 members (excludes halogenated alkanes) is 1. The van der Waals surface area contributed by atoms with Gasteiger partial charge in [-0.2, -0.15) is 0 Å². The lowest BCUT2D eigenvalue weighted by atomic mass is 10.1. The van der Waals surface area contributed by atoms with E-state index in [2.05, 4.69) is 72.3 Å². The van der Waals surface area contributed by atoms with Crippen LogP contribution in [0.15, 0.2) is 60.8 Å². The lowest BCUT2D eigenvalue weighted by Gasteiger charge is -2.06. The van der Waals surface area contributed by atoms with E-state index in [9.17, 15) is 0 Å². The Balaban J connectivity index is 1.59. The van der Waals surface area contributed by atoms with E-state index in [1.807, 2.05) is 0 Å². The Bertz CT molecular complexity index is 679. The quantitative estimate of drug-likeness (QED) is 0.573. The molecule has 1 heteroatoms. The van der Waals surface area contributed by atoms with Gasteiger partial charge in [-0.1, -0.05) is 42.5 Å². The number of hydrogen-bond donors (Lipinski definition) is 0. The first-order valence-corrected chi connectivity index (χ1v) is 7.43. The van der Waals surface area contributed by atoms with Crippen LogP contribution in [-0.4, -0.2) is 4.57 Å². The van der Waals surface area contributed by atoms with Crippen molar-refractivity contribution in [3.8, 4) is 0 Å². The Morgan fingerprint density at radius 3 is 2.55 bits per heavy atom. The van der Waals surface area contributed by atoms with E-state index in [1.54, 1.807) is 0 Å². The minimum Gasteiger partial charge on any atom is -0.347 e. The van der Waals surface area contributed by atoms with Crippen molar-refractivity contribution in [2.45, 2.75) is 32.7 Å². The number of aromatic nitrogens is 1. The molecule has 0 N–H and O–H groups in total. The van der Waals surface area contributed by atoms with Gasteiger partial charge in [0.1, 0.15) is 0 Å². The SMILES string of the molecule is Cc1cccc2c1ccn2CCCCc1ccccc1. The van der Waals surface area contributed by atoms with Crippen LogP contribution in [0, 0.1) is 6.92 Å². The maximum Gasteiger partial charge on any atom is 0.0482 e. The third kappa shape index (κ3) is 2.77. The topological polar surface area (TPSA) is 4.93 Å². The summed E-state index contributed by atoms with van der Waals surface area (Å²) in [6.45, 7) is 3.29. The average Bonchev–Trinajstić information content (AvgIpc) is 2.90. The van der Waals surface area contributed by atoms with E-state index >= 15 is 0 Å². The van der Waals surface area contributed by atoms with E-state index in [4.69, 9.17) is 0 Å². The minimum atomic E-state index is 1.11. The van der Waals surface area contributed by atoms with E-state index in [-0.39, 0.29) is 0 Å². The molecule has 1 heterocycles. The molecule has 0 bridgehead atoms. The van der Waals surface area contributed by atoms with Crippen LogP contribution in [0.5, 0.6) is 0 Å². The van der Waals surface area contributed by atoms with Crippen molar-refractivity contribution in [1.82, 2.24) is 4.57 Å². The van der Waals surface area contributed by atoms with E-state index in [0.29, 0.717) is 0 Å². The van der Waals surface area contributed by atoms with E-state index < -0.39 is 0 Å². The molecule has 3 rings (SSSR count). The van der Waals surface area contributed by atoms with Crippen molar-refractivity contribution in [1.29, 1.82) is 0 Å². The van der Waals surface area contributed by atoms with Gasteiger partial charge in [0, 0.05) is 23.6 Å². The molecule has 0 fully saturated rings. The molecule has 1 aromatic heterocycles. The zero-order valence-corrected chi connectivity index (χ0v) is 12.0. The minimum absolute atomic E-state index is 1.11. The molecular formula is C19H21N. The average molecular weight is 263 g/mol. The van der Waals surface area contributed by atoms with Crippen LogP contribution in [0.3, 0.4) is 0 Å². The van der Waals surface area contributed by atoms with Gasteiger partial charge in [-0.05, 0) is 49.4 Å². The smallest absolute Gasteiger partial charge is 0.0482 e. The first-order valence-electron chi connectivity index (χ1n) is 7.43. The zero-order chi connectivity index (χ0) is 13.8. The highest BCUT2D eigenvalue weighted by Crippen LogP contribution is 2.20. The predicted octanol–water partition coefficient (Wildman–Crippen LogP) is 4.97. The Morgan fingerprint density at radius 2 is 1.70 bits per heavy atom. The third-order valence-electron chi connectivity index (χ3n) is 3.99. The molecule has 0 aliphatic rings. The van der Waals surface area contributed by atoms with Crippen LogP contribution in [0.1, 0.15) is 24.0 Å². The maximum absolute atomic E-state index is 2.38. The van der Waals surface area contributed by atoms with Gasteiger partial charge in [-0.15, -0.1) is 0 Å². The highest BCUT2D eigenvalue weighted by Gasteiger charge is 2.02. The molecule has 2 aromatic carbocycles. The van der Waals surface area contributed by atoms with E-state index in [0.717, 1.165) is 6.54 Å². The molecule has 0 aliphatic heterocycles. The second-order valence-corrected chi connectivity index (χ2v) is 5.46. The fraction of sp³-hybridized carbons (Fsp3) is 0.263. The van der Waals surface area contributed by atoms with Gasteiger partial charge in [0.2, 0.25) is 0 Å². The molecule has 0 saturated carbocycles. The summed E-state index contributed by atoms with van der Waals surface area (Å²) in [4.78, 5) is 0. The van der Waals surface area contributed by atoms with Gasteiger partial charge >= 0.3 is 0 Å². The van der Waals surface area contributed by atoms with Gasteiger partial charge in [-0.3, -0.25) is 0 Å². The molecule has 1 nitrogen and oxygen atoms in total. The van der Waals surface area contributed by atoms with Crippen molar-refractivity contribution in [3.63, 3.8) is 0 Å². The highest BCUT2D eigenvalue weighted by molar-refractivity contribution is 5.83. The molecule has 0 aliphatic carbocycles. The predicted molar refractivity (Wildman–Crippen MR) is 86.1 cm³/mol. The van der Waals surface area contributed by atoms with Gasteiger partial charge in [-0.25, -0.2) is 0 Å². The summed E-state index contributed by atoms with van der Waals surface area (Å²) in [6.07, 6.45) is 5.88. The summed E-state index contributed by atoms with van der Waals surface area (Å²) >= 11 is 0. The Hall–Kier alpha value is -2.02. The molecule has 20 heavy (non-hydrogen) atoms. The van der Waals surface area contributed by atoms with Crippen LogP contribution in [-0.2, 0) is 13.0 Å². The lowest BCUT2D eigenvalue weighted by Crippen LogP contribution is -1.97. The largest absolute Gasteiger partial charge is 0.347 e. The molecule has 0 unspecified atom stereocenters. The van der Waals surface area contributed by atoms with Crippen molar-refractivity contribution in [3.05, 3.63) is 71.9 Å². The van der Waals surface area contributed by atoms with Crippen molar-refractivity contribution in [2.75, 3.05) is 0 Å². The van der Waals surface area contributed by atoms with Gasteiger partial charge < -0.3 is 4.57 Å². The molecule has 0 saturated heterocycles. The fourth-order valence-corrected chi connectivity index (χ4v) is 2.83. The summed E-state index contributed by atoms with van der Waals surface area (Å²) in [5.41, 5.74) is 4.18. The molecular weight excluding hydrogens is 242 g/mol. The fourth-order valence-electron chi connectivity index (χ4n) is 2.83. The van der Waals surface area contributed by atoms with Gasteiger partial charge in [0.05, 0.1) is 0 Å².